The molecule has 1 aliphatic heterocycles. The lowest BCUT2D eigenvalue weighted by Crippen LogP contribution is -2.37. The summed E-state index contributed by atoms with van der Waals surface area (Å²) in [6.07, 6.45) is 1.83. The molecule has 1 aromatic rings. The molecule has 2 aliphatic rings. The van der Waals surface area contributed by atoms with Gasteiger partial charge in [0.25, 0.3) is 5.91 Å². The maximum absolute atomic E-state index is 12.6. The molecule has 0 spiro atoms. The molecule has 0 unspecified atom stereocenters. The van der Waals surface area contributed by atoms with Crippen molar-refractivity contribution in [3.05, 3.63) is 29.8 Å². The highest BCUT2D eigenvalue weighted by Gasteiger charge is 2.52. The molecular formula is C20H22Br2N2O5. The van der Waals surface area contributed by atoms with Gasteiger partial charge in [0.2, 0.25) is 11.8 Å². The van der Waals surface area contributed by atoms with Crippen LogP contribution in [-0.4, -0.2) is 51.4 Å². The standard InChI is InChI=1S/C20H22Br2N2O5/c1-2-11-5-3-4-6-16(11)23-17(25)10-29-18(26)9-24-19(27)12-7-14(21)15(22)8-13(12)20(24)28/h3-6,12-15H,2,7-10H2,1H3,(H,23,25)/t12-,13-,14-,15+/m1/s1. The fourth-order valence-corrected chi connectivity index (χ4v) is 5.01. The fourth-order valence-electron chi connectivity index (χ4n) is 3.78. The Kier molecular flexibility index (Phi) is 7.10. The number of hydrogen-bond donors (Lipinski definition) is 1. The number of fused-ring (bicyclic) bond motifs is 1. The first-order valence-electron chi connectivity index (χ1n) is 9.48. The van der Waals surface area contributed by atoms with Crippen LogP contribution in [0.15, 0.2) is 24.3 Å². The summed E-state index contributed by atoms with van der Waals surface area (Å²) in [5.74, 6) is -2.78. The number of imide groups is 1. The van der Waals surface area contributed by atoms with E-state index in [2.05, 4.69) is 37.2 Å². The van der Waals surface area contributed by atoms with Crippen LogP contribution in [0.1, 0.15) is 25.3 Å². The lowest BCUT2D eigenvalue weighted by Gasteiger charge is -2.29. The SMILES string of the molecule is CCc1ccccc1NC(=O)COC(=O)CN1C(=O)[C@@H]2C[C@@H](Br)[C@@H](Br)C[C@H]2C1=O. The Balaban J connectivity index is 1.52. The molecule has 1 saturated carbocycles. The van der Waals surface area contributed by atoms with Gasteiger partial charge in [-0.15, -0.1) is 0 Å². The second-order valence-electron chi connectivity index (χ2n) is 7.20. The van der Waals surface area contributed by atoms with E-state index < -0.39 is 36.9 Å². The Hall–Kier alpha value is -1.74. The van der Waals surface area contributed by atoms with Gasteiger partial charge in [0, 0.05) is 15.3 Å². The average Bonchev–Trinajstić information content (AvgIpc) is 2.91. The molecule has 4 atom stereocenters. The summed E-state index contributed by atoms with van der Waals surface area (Å²) < 4.78 is 4.99. The van der Waals surface area contributed by atoms with Crippen molar-refractivity contribution in [3.8, 4) is 0 Å². The van der Waals surface area contributed by atoms with E-state index in [9.17, 15) is 19.2 Å². The zero-order valence-electron chi connectivity index (χ0n) is 15.9. The van der Waals surface area contributed by atoms with Gasteiger partial charge in [0.05, 0.1) is 11.8 Å². The van der Waals surface area contributed by atoms with E-state index >= 15 is 0 Å². The minimum Gasteiger partial charge on any atom is -0.454 e. The Morgan fingerprint density at radius 2 is 1.69 bits per heavy atom. The number of esters is 1. The molecule has 1 aromatic carbocycles. The van der Waals surface area contributed by atoms with Crippen molar-refractivity contribution in [2.24, 2.45) is 11.8 Å². The highest BCUT2D eigenvalue weighted by Crippen LogP contribution is 2.43. The van der Waals surface area contributed by atoms with Crippen molar-refractivity contribution in [1.29, 1.82) is 0 Å². The van der Waals surface area contributed by atoms with Crippen molar-refractivity contribution in [2.75, 3.05) is 18.5 Å². The van der Waals surface area contributed by atoms with Gasteiger partial charge >= 0.3 is 5.97 Å². The quantitative estimate of drug-likeness (QED) is 0.347. The van der Waals surface area contributed by atoms with Crippen LogP contribution < -0.4 is 5.32 Å². The van der Waals surface area contributed by atoms with E-state index in [0.717, 1.165) is 16.9 Å². The summed E-state index contributed by atoms with van der Waals surface area (Å²) in [4.78, 5) is 50.5. The molecule has 1 saturated heterocycles. The topological polar surface area (TPSA) is 92.8 Å². The predicted octanol–water partition coefficient (Wildman–Crippen LogP) is 2.65. The highest BCUT2D eigenvalue weighted by molar-refractivity contribution is 9.12. The molecule has 3 rings (SSSR count). The Morgan fingerprint density at radius 3 is 2.28 bits per heavy atom. The molecule has 0 aromatic heterocycles. The van der Waals surface area contributed by atoms with E-state index in [4.69, 9.17) is 4.74 Å². The van der Waals surface area contributed by atoms with E-state index in [1.807, 2.05) is 19.1 Å². The summed E-state index contributed by atoms with van der Waals surface area (Å²) in [5, 5.41) is 2.70. The van der Waals surface area contributed by atoms with Crippen molar-refractivity contribution >= 4 is 61.2 Å². The maximum atomic E-state index is 12.6. The number of anilines is 1. The second kappa shape index (κ2) is 9.38. The number of para-hydroxylation sites is 1. The number of nitrogens with zero attached hydrogens (tertiary/aromatic N) is 1. The van der Waals surface area contributed by atoms with Crippen LogP contribution in [0.25, 0.3) is 0 Å². The number of rotatable bonds is 6. The summed E-state index contributed by atoms with van der Waals surface area (Å²) in [6.45, 7) is 1.03. The second-order valence-corrected chi connectivity index (χ2v) is 9.55. The van der Waals surface area contributed by atoms with Crippen LogP contribution in [0.4, 0.5) is 5.69 Å². The largest absolute Gasteiger partial charge is 0.454 e. The number of carbonyl (C=O) groups excluding carboxylic acids is 4. The van der Waals surface area contributed by atoms with Crippen molar-refractivity contribution in [3.63, 3.8) is 0 Å². The first kappa shape index (κ1) is 22.0. The zero-order chi connectivity index (χ0) is 21.1. The lowest BCUT2D eigenvalue weighted by molar-refractivity contribution is -0.154. The number of ether oxygens (including phenoxy) is 1. The van der Waals surface area contributed by atoms with Gasteiger partial charge in [-0.05, 0) is 30.9 Å². The van der Waals surface area contributed by atoms with Gasteiger partial charge in [0.15, 0.2) is 6.61 Å². The monoisotopic (exact) mass is 528 g/mol. The normalized spacial score (nSPS) is 26.2. The number of benzene rings is 1. The van der Waals surface area contributed by atoms with Crippen LogP contribution in [0.5, 0.6) is 0 Å². The molecule has 2 fully saturated rings. The third-order valence-corrected chi connectivity index (χ3v) is 8.06. The van der Waals surface area contributed by atoms with Crippen molar-refractivity contribution < 1.29 is 23.9 Å². The van der Waals surface area contributed by atoms with Gasteiger partial charge in [-0.2, -0.15) is 0 Å². The number of nitrogens with one attached hydrogen (secondary N) is 1. The number of likely N-dealkylation sites (tertiary alicyclic amines) is 1. The Morgan fingerprint density at radius 1 is 1.10 bits per heavy atom. The van der Waals surface area contributed by atoms with Gasteiger partial charge in [-0.1, -0.05) is 57.0 Å². The fraction of sp³-hybridized carbons (Fsp3) is 0.500. The molecule has 0 radical (unpaired) electrons. The number of amides is 3. The molecule has 0 bridgehead atoms. The minimum absolute atomic E-state index is 0.0992. The predicted molar refractivity (Wildman–Crippen MR) is 114 cm³/mol. The number of hydrogen-bond acceptors (Lipinski definition) is 5. The molecule has 7 nitrogen and oxygen atoms in total. The maximum Gasteiger partial charge on any atom is 0.326 e. The highest BCUT2D eigenvalue weighted by atomic mass is 79.9. The number of carbonyl (C=O) groups is 4. The van der Waals surface area contributed by atoms with E-state index in [1.165, 1.54) is 0 Å². The van der Waals surface area contributed by atoms with Crippen molar-refractivity contribution in [2.45, 2.75) is 35.8 Å². The third-order valence-electron chi connectivity index (χ3n) is 5.33. The van der Waals surface area contributed by atoms with Crippen LogP contribution in [0.3, 0.4) is 0 Å². The first-order valence-corrected chi connectivity index (χ1v) is 11.3. The summed E-state index contributed by atoms with van der Waals surface area (Å²) in [6, 6.07) is 7.36. The smallest absolute Gasteiger partial charge is 0.326 e. The molecule has 156 valence electrons. The molecule has 3 amide bonds. The van der Waals surface area contributed by atoms with Gasteiger partial charge in [-0.3, -0.25) is 24.1 Å². The van der Waals surface area contributed by atoms with Gasteiger partial charge in [-0.25, -0.2) is 0 Å². The lowest BCUT2D eigenvalue weighted by atomic mass is 9.81. The van der Waals surface area contributed by atoms with Gasteiger partial charge < -0.3 is 10.1 Å². The Bertz CT molecular complexity index is 803. The summed E-state index contributed by atoms with van der Waals surface area (Å²) in [5.41, 5.74) is 1.64. The minimum atomic E-state index is -0.782. The molecule has 1 aliphatic carbocycles. The van der Waals surface area contributed by atoms with Crippen LogP contribution in [0.2, 0.25) is 0 Å². The molecule has 9 heteroatoms. The number of halogens is 2. The summed E-state index contributed by atoms with van der Waals surface area (Å²) in [7, 11) is 0. The van der Waals surface area contributed by atoms with Crippen LogP contribution >= 0.6 is 31.9 Å². The van der Waals surface area contributed by atoms with Gasteiger partial charge in [0.1, 0.15) is 6.54 Å². The average molecular weight is 530 g/mol. The third kappa shape index (κ3) is 4.88. The zero-order valence-corrected chi connectivity index (χ0v) is 19.1. The molecule has 29 heavy (non-hydrogen) atoms. The number of aryl methyl sites for hydroxylation is 1. The van der Waals surface area contributed by atoms with Crippen molar-refractivity contribution in [1.82, 2.24) is 4.90 Å². The van der Waals surface area contributed by atoms with Crippen LogP contribution in [-0.2, 0) is 30.3 Å². The Labute approximate surface area is 185 Å². The summed E-state index contributed by atoms with van der Waals surface area (Å²) >= 11 is 7.04. The molecule has 1 N–H and O–H groups in total. The van der Waals surface area contributed by atoms with E-state index in [0.29, 0.717) is 18.5 Å². The van der Waals surface area contributed by atoms with Crippen LogP contribution in [0, 0.1) is 11.8 Å². The number of alkyl halides is 2. The first-order chi connectivity index (χ1) is 13.8. The van der Waals surface area contributed by atoms with E-state index in [1.54, 1.807) is 12.1 Å². The molecule has 1 heterocycles. The molecular weight excluding hydrogens is 508 g/mol. The van der Waals surface area contributed by atoms with E-state index in [-0.39, 0.29) is 21.5 Å².